The molecule has 0 saturated carbocycles. The normalized spacial score (nSPS) is 24.4. The van der Waals surface area contributed by atoms with Crippen LogP contribution in [-0.2, 0) is 0 Å². The number of nitrogens with zero attached hydrogens (tertiary/aromatic N) is 2. The van der Waals surface area contributed by atoms with Crippen LogP contribution in [0.3, 0.4) is 0 Å². The van der Waals surface area contributed by atoms with Gasteiger partial charge in [-0.05, 0) is 24.6 Å². The predicted octanol–water partition coefficient (Wildman–Crippen LogP) is 2.39. The van der Waals surface area contributed by atoms with Gasteiger partial charge in [0.1, 0.15) is 0 Å². The lowest BCUT2D eigenvalue weighted by atomic mass is 9.97. The molecule has 1 aliphatic carbocycles. The second-order valence-electron chi connectivity index (χ2n) is 5.22. The first-order valence-electron chi connectivity index (χ1n) is 6.51. The zero-order valence-corrected chi connectivity index (χ0v) is 10.5. The maximum atomic E-state index is 2.55. The van der Waals surface area contributed by atoms with E-state index in [4.69, 9.17) is 0 Å². The molecule has 1 fully saturated rings. The van der Waals surface area contributed by atoms with Crippen molar-refractivity contribution in [2.45, 2.75) is 12.3 Å². The van der Waals surface area contributed by atoms with Crippen molar-refractivity contribution >= 4 is 6.08 Å². The first-order chi connectivity index (χ1) is 8.33. The van der Waals surface area contributed by atoms with E-state index in [-0.39, 0.29) is 0 Å². The molecule has 0 bridgehead atoms. The molecule has 17 heavy (non-hydrogen) atoms. The van der Waals surface area contributed by atoms with E-state index in [1.54, 1.807) is 0 Å². The third-order valence-corrected chi connectivity index (χ3v) is 3.90. The van der Waals surface area contributed by atoms with E-state index in [1.165, 1.54) is 37.2 Å². The van der Waals surface area contributed by atoms with Gasteiger partial charge >= 0.3 is 0 Å². The van der Waals surface area contributed by atoms with E-state index in [0.717, 1.165) is 6.67 Å². The van der Waals surface area contributed by atoms with Crippen LogP contribution in [0.1, 0.15) is 23.5 Å². The van der Waals surface area contributed by atoms with E-state index in [9.17, 15) is 0 Å². The lowest BCUT2D eigenvalue weighted by molar-refractivity contribution is 0.269. The lowest BCUT2D eigenvalue weighted by Crippen LogP contribution is -2.25. The van der Waals surface area contributed by atoms with Gasteiger partial charge in [0, 0.05) is 25.6 Å². The summed E-state index contributed by atoms with van der Waals surface area (Å²) in [5.41, 5.74) is 2.93. The summed E-state index contributed by atoms with van der Waals surface area (Å²) in [6, 6.07) is 8.77. The Labute approximate surface area is 104 Å². The maximum absolute atomic E-state index is 2.55. The van der Waals surface area contributed by atoms with E-state index in [0.29, 0.717) is 5.92 Å². The molecule has 0 spiro atoms. The maximum Gasteiger partial charge on any atom is 0.0504 e. The SMILES string of the molecule is CN1CCN(CCC2C=Cc3ccccc32)C1. The Balaban J connectivity index is 1.59. The molecular formula is C15H20N2. The fraction of sp³-hybridized carbons (Fsp3) is 0.467. The molecule has 2 heteroatoms. The summed E-state index contributed by atoms with van der Waals surface area (Å²) in [5, 5.41) is 0. The summed E-state index contributed by atoms with van der Waals surface area (Å²) in [6.45, 7) is 4.80. The van der Waals surface area contributed by atoms with Crippen molar-refractivity contribution in [2.75, 3.05) is 33.4 Å². The molecule has 1 atom stereocenters. The summed E-state index contributed by atoms with van der Waals surface area (Å²) in [4.78, 5) is 4.94. The molecule has 1 aromatic carbocycles. The first-order valence-corrected chi connectivity index (χ1v) is 6.51. The Hall–Kier alpha value is -1.12. The van der Waals surface area contributed by atoms with Crippen LogP contribution in [0.4, 0.5) is 0 Å². The minimum absolute atomic E-state index is 0.636. The zero-order chi connectivity index (χ0) is 11.7. The molecule has 0 aromatic heterocycles. The largest absolute Gasteiger partial charge is 0.292 e. The highest BCUT2D eigenvalue weighted by Gasteiger charge is 2.20. The number of likely N-dealkylation sites (N-methyl/N-ethyl adjacent to an activating group) is 1. The molecule has 1 unspecified atom stereocenters. The molecule has 1 saturated heterocycles. The van der Waals surface area contributed by atoms with Gasteiger partial charge < -0.3 is 0 Å². The van der Waals surface area contributed by atoms with Gasteiger partial charge in [0.15, 0.2) is 0 Å². The molecule has 0 N–H and O–H groups in total. The minimum atomic E-state index is 0.636. The number of hydrogen-bond acceptors (Lipinski definition) is 2. The number of fused-ring (bicyclic) bond motifs is 1. The summed E-state index contributed by atoms with van der Waals surface area (Å²) in [5.74, 6) is 0.636. The predicted molar refractivity (Wildman–Crippen MR) is 71.9 cm³/mol. The van der Waals surface area contributed by atoms with Crippen molar-refractivity contribution in [3.05, 3.63) is 41.5 Å². The monoisotopic (exact) mass is 228 g/mol. The van der Waals surface area contributed by atoms with Gasteiger partial charge in [-0.1, -0.05) is 36.4 Å². The van der Waals surface area contributed by atoms with E-state index in [2.05, 4.69) is 53.3 Å². The molecule has 1 heterocycles. The van der Waals surface area contributed by atoms with E-state index >= 15 is 0 Å². The standard InChI is InChI=1S/C15H20N2/c1-16-10-11-17(12-16)9-8-14-7-6-13-4-2-3-5-15(13)14/h2-7,14H,8-12H2,1H3. The van der Waals surface area contributed by atoms with Crippen molar-refractivity contribution in [3.8, 4) is 0 Å². The van der Waals surface area contributed by atoms with Crippen LogP contribution in [-0.4, -0.2) is 43.2 Å². The molecule has 1 aliphatic heterocycles. The van der Waals surface area contributed by atoms with Crippen LogP contribution in [0.5, 0.6) is 0 Å². The average molecular weight is 228 g/mol. The Morgan fingerprint density at radius 3 is 2.94 bits per heavy atom. The Kier molecular flexibility index (Phi) is 3.00. The number of allylic oxidation sites excluding steroid dienone is 1. The minimum Gasteiger partial charge on any atom is -0.292 e. The highest BCUT2D eigenvalue weighted by atomic mass is 15.4. The average Bonchev–Trinajstić information content (AvgIpc) is 2.93. The van der Waals surface area contributed by atoms with Crippen molar-refractivity contribution in [2.24, 2.45) is 0 Å². The second-order valence-corrected chi connectivity index (χ2v) is 5.22. The van der Waals surface area contributed by atoms with Gasteiger partial charge in [-0.2, -0.15) is 0 Å². The second kappa shape index (κ2) is 4.63. The third-order valence-electron chi connectivity index (χ3n) is 3.90. The quantitative estimate of drug-likeness (QED) is 0.784. The number of benzene rings is 1. The smallest absolute Gasteiger partial charge is 0.0504 e. The molecular weight excluding hydrogens is 208 g/mol. The fourth-order valence-electron chi connectivity index (χ4n) is 2.87. The highest BCUT2D eigenvalue weighted by Crippen LogP contribution is 2.32. The first kappa shape index (κ1) is 11.0. The third kappa shape index (κ3) is 2.28. The van der Waals surface area contributed by atoms with Crippen LogP contribution in [0.15, 0.2) is 30.3 Å². The molecule has 0 amide bonds. The Bertz CT molecular complexity index is 425. The van der Waals surface area contributed by atoms with E-state index in [1.807, 2.05) is 0 Å². The van der Waals surface area contributed by atoms with Crippen molar-refractivity contribution in [1.82, 2.24) is 9.80 Å². The molecule has 1 aromatic rings. The number of rotatable bonds is 3. The topological polar surface area (TPSA) is 6.48 Å². The number of hydrogen-bond donors (Lipinski definition) is 0. The van der Waals surface area contributed by atoms with Crippen molar-refractivity contribution in [1.29, 1.82) is 0 Å². The summed E-state index contributed by atoms with van der Waals surface area (Å²) >= 11 is 0. The summed E-state index contributed by atoms with van der Waals surface area (Å²) < 4.78 is 0. The highest BCUT2D eigenvalue weighted by molar-refractivity contribution is 5.62. The molecule has 90 valence electrons. The van der Waals surface area contributed by atoms with Gasteiger partial charge in [-0.25, -0.2) is 0 Å². The Morgan fingerprint density at radius 2 is 2.12 bits per heavy atom. The van der Waals surface area contributed by atoms with Crippen molar-refractivity contribution < 1.29 is 0 Å². The van der Waals surface area contributed by atoms with Gasteiger partial charge in [0.25, 0.3) is 0 Å². The van der Waals surface area contributed by atoms with Crippen LogP contribution in [0.25, 0.3) is 6.08 Å². The molecule has 2 nitrogen and oxygen atoms in total. The zero-order valence-electron chi connectivity index (χ0n) is 10.5. The van der Waals surface area contributed by atoms with Gasteiger partial charge in [0.2, 0.25) is 0 Å². The fourth-order valence-corrected chi connectivity index (χ4v) is 2.87. The molecule has 0 radical (unpaired) electrons. The summed E-state index contributed by atoms with van der Waals surface area (Å²) in [7, 11) is 2.20. The van der Waals surface area contributed by atoms with E-state index < -0.39 is 0 Å². The van der Waals surface area contributed by atoms with Crippen LogP contribution in [0, 0.1) is 0 Å². The van der Waals surface area contributed by atoms with Crippen molar-refractivity contribution in [3.63, 3.8) is 0 Å². The van der Waals surface area contributed by atoms with Gasteiger partial charge in [0.05, 0.1) is 6.67 Å². The van der Waals surface area contributed by atoms with Crippen LogP contribution >= 0.6 is 0 Å². The Morgan fingerprint density at radius 1 is 1.24 bits per heavy atom. The van der Waals surface area contributed by atoms with Gasteiger partial charge in [-0.15, -0.1) is 0 Å². The molecule has 3 rings (SSSR count). The lowest BCUT2D eigenvalue weighted by Gasteiger charge is -2.18. The van der Waals surface area contributed by atoms with Crippen LogP contribution < -0.4 is 0 Å². The van der Waals surface area contributed by atoms with Gasteiger partial charge in [-0.3, -0.25) is 9.80 Å². The summed E-state index contributed by atoms with van der Waals surface area (Å²) in [6.07, 6.45) is 5.89. The van der Waals surface area contributed by atoms with Crippen LogP contribution in [0.2, 0.25) is 0 Å². The molecule has 2 aliphatic rings.